The third kappa shape index (κ3) is 2.02. The molecule has 0 bridgehead atoms. The van der Waals surface area contributed by atoms with E-state index < -0.39 is 12.1 Å². The minimum atomic E-state index is -0.668. The smallest absolute Gasteiger partial charge is 0.347 e. The van der Waals surface area contributed by atoms with Crippen molar-refractivity contribution in [3.05, 3.63) is 28.8 Å². The fourth-order valence-electron chi connectivity index (χ4n) is 1.47. The molecule has 1 unspecified atom stereocenters. The summed E-state index contributed by atoms with van der Waals surface area (Å²) >= 11 is 5.90. The molecule has 0 aromatic heterocycles. The molecule has 0 radical (unpaired) electrons. The molecular formula is C11H9ClO4. The number of ether oxygens (including phenoxy) is 2. The Hall–Kier alpha value is -1.55. The highest BCUT2D eigenvalue weighted by molar-refractivity contribution is 6.32. The van der Waals surface area contributed by atoms with Gasteiger partial charge in [0.05, 0.1) is 17.2 Å². The lowest BCUT2D eigenvalue weighted by atomic mass is 10.2. The summed E-state index contributed by atoms with van der Waals surface area (Å²) in [5.74, 6) is -0.181. The summed E-state index contributed by atoms with van der Waals surface area (Å²) in [5.41, 5.74) is 0.326. The van der Waals surface area contributed by atoms with Gasteiger partial charge in [-0.2, -0.15) is 0 Å². The predicted octanol–water partition coefficient (Wildman–Crippen LogP) is 1.85. The van der Waals surface area contributed by atoms with Crippen molar-refractivity contribution in [3.8, 4) is 5.75 Å². The Morgan fingerprint density at radius 3 is 2.94 bits per heavy atom. The van der Waals surface area contributed by atoms with E-state index in [1.54, 1.807) is 18.2 Å². The van der Waals surface area contributed by atoms with Gasteiger partial charge in [0.25, 0.3) is 0 Å². The largest absolute Gasteiger partial charge is 0.476 e. The topological polar surface area (TPSA) is 52.6 Å². The van der Waals surface area contributed by atoms with Gasteiger partial charge in [0.15, 0.2) is 12.4 Å². The second-order valence-corrected chi connectivity index (χ2v) is 3.75. The van der Waals surface area contributed by atoms with Crippen LogP contribution in [0.1, 0.15) is 16.8 Å². The molecule has 1 saturated heterocycles. The Morgan fingerprint density at radius 1 is 1.50 bits per heavy atom. The van der Waals surface area contributed by atoms with E-state index in [4.69, 9.17) is 21.1 Å². The van der Waals surface area contributed by atoms with Gasteiger partial charge in [0.2, 0.25) is 0 Å². The number of para-hydroxylation sites is 1. The monoisotopic (exact) mass is 240 g/mol. The van der Waals surface area contributed by atoms with Crippen molar-refractivity contribution in [2.75, 3.05) is 6.61 Å². The molecule has 0 aliphatic carbocycles. The summed E-state index contributed by atoms with van der Waals surface area (Å²) < 4.78 is 10.2. The van der Waals surface area contributed by atoms with Gasteiger partial charge in [-0.25, -0.2) is 4.79 Å². The molecule has 1 fully saturated rings. The summed E-state index contributed by atoms with van der Waals surface area (Å²) in [6, 6.07) is 4.82. The number of benzene rings is 1. The van der Waals surface area contributed by atoms with E-state index >= 15 is 0 Å². The molecule has 16 heavy (non-hydrogen) atoms. The Morgan fingerprint density at radius 2 is 2.31 bits per heavy atom. The van der Waals surface area contributed by atoms with Gasteiger partial charge in [-0.05, 0) is 12.1 Å². The summed E-state index contributed by atoms with van der Waals surface area (Å²) in [6.45, 7) is 0.338. The molecule has 0 N–H and O–H groups in total. The van der Waals surface area contributed by atoms with Crippen LogP contribution in [0.2, 0.25) is 5.02 Å². The highest BCUT2D eigenvalue weighted by atomic mass is 35.5. The van der Waals surface area contributed by atoms with E-state index in [0.717, 1.165) is 0 Å². The van der Waals surface area contributed by atoms with E-state index in [2.05, 4.69) is 0 Å². The summed E-state index contributed by atoms with van der Waals surface area (Å²) in [6.07, 6.45) is 0.447. The lowest BCUT2D eigenvalue weighted by Gasteiger charge is -2.12. The zero-order chi connectivity index (χ0) is 11.5. The average Bonchev–Trinajstić information content (AvgIpc) is 2.67. The molecule has 1 aliphatic rings. The molecule has 0 spiro atoms. The van der Waals surface area contributed by atoms with E-state index in [1.165, 1.54) is 0 Å². The van der Waals surface area contributed by atoms with Gasteiger partial charge in [-0.15, -0.1) is 0 Å². The van der Waals surface area contributed by atoms with Crippen LogP contribution < -0.4 is 4.74 Å². The fraction of sp³-hybridized carbons (Fsp3) is 0.273. The van der Waals surface area contributed by atoms with Crippen LogP contribution in [0.15, 0.2) is 18.2 Å². The Kier molecular flexibility index (Phi) is 3.10. The molecular weight excluding hydrogens is 232 g/mol. The maximum absolute atomic E-state index is 11.2. The van der Waals surface area contributed by atoms with Crippen LogP contribution in [-0.2, 0) is 9.53 Å². The summed E-state index contributed by atoms with van der Waals surface area (Å²) in [7, 11) is 0. The van der Waals surface area contributed by atoms with E-state index in [1.807, 2.05) is 0 Å². The predicted molar refractivity (Wildman–Crippen MR) is 56.8 cm³/mol. The molecule has 0 saturated carbocycles. The van der Waals surface area contributed by atoms with E-state index in [-0.39, 0.29) is 5.75 Å². The maximum atomic E-state index is 11.2. The molecule has 0 amide bonds. The van der Waals surface area contributed by atoms with E-state index in [9.17, 15) is 9.59 Å². The number of rotatable bonds is 3. The van der Waals surface area contributed by atoms with E-state index in [0.29, 0.717) is 29.9 Å². The Bertz CT molecular complexity index is 430. The van der Waals surface area contributed by atoms with Crippen molar-refractivity contribution in [1.29, 1.82) is 0 Å². The van der Waals surface area contributed by atoms with Crippen molar-refractivity contribution in [1.82, 2.24) is 0 Å². The number of carbonyl (C=O) groups excluding carboxylic acids is 2. The molecule has 2 rings (SSSR count). The third-order valence-corrected chi connectivity index (χ3v) is 2.57. The number of hydrogen-bond donors (Lipinski definition) is 0. The normalized spacial score (nSPS) is 19.3. The Balaban J connectivity index is 2.26. The SMILES string of the molecule is O=Cc1cccc(Cl)c1OC1CCOC1=O. The first kappa shape index (κ1) is 11.0. The number of cyclic esters (lactones) is 1. The van der Waals surface area contributed by atoms with Gasteiger partial charge in [0, 0.05) is 6.42 Å². The van der Waals surface area contributed by atoms with Gasteiger partial charge in [0.1, 0.15) is 5.75 Å². The van der Waals surface area contributed by atoms with Crippen molar-refractivity contribution in [3.63, 3.8) is 0 Å². The first-order valence-electron chi connectivity index (χ1n) is 4.79. The average molecular weight is 241 g/mol. The van der Waals surface area contributed by atoms with Crippen LogP contribution in [0.3, 0.4) is 0 Å². The molecule has 1 heterocycles. The summed E-state index contributed by atoms with van der Waals surface area (Å²) in [4.78, 5) is 22.0. The standard InChI is InChI=1S/C11H9ClO4/c12-8-3-1-2-7(6-13)10(8)16-9-4-5-15-11(9)14/h1-3,6,9H,4-5H2. The zero-order valence-electron chi connectivity index (χ0n) is 8.31. The van der Waals surface area contributed by atoms with Gasteiger partial charge >= 0.3 is 5.97 Å². The Labute approximate surface area is 97.1 Å². The lowest BCUT2D eigenvalue weighted by molar-refractivity contribution is -0.143. The first-order valence-corrected chi connectivity index (χ1v) is 5.17. The first-order chi connectivity index (χ1) is 7.72. The highest BCUT2D eigenvalue weighted by Gasteiger charge is 2.29. The van der Waals surface area contributed by atoms with Crippen LogP contribution in [-0.4, -0.2) is 25.0 Å². The fourth-order valence-corrected chi connectivity index (χ4v) is 1.70. The number of halogens is 1. The van der Waals surface area contributed by atoms with Crippen LogP contribution in [0, 0.1) is 0 Å². The molecule has 1 aliphatic heterocycles. The number of aldehydes is 1. The maximum Gasteiger partial charge on any atom is 0.347 e. The zero-order valence-corrected chi connectivity index (χ0v) is 9.07. The van der Waals surface area contributed by atoms with Crippen LogP contribution >= 0.6 is 11.6 Å². The van der Waals surface area contributed by atoms with Gasteiger partial charge in [-0.3, -0.25) is 4.79 Å². The molecule has 4 nitrogen and oxygen atoms in total. The van der Waals surface area contributed by atoms with Crippen LogP contribution in [0.4, 0.5) is 0 Å². The van der Waals surface area contributed by atoms with Crippen molar-refractivity contribution < 1.29 is 19.1 Å². The minimum Gasteiger partial charge on any atom is -0.476 e. The molecule has 84 valence electrons. The highest BCUT2D eigenvalue weighted by Crippen LogP contribution is 2.29. The second kappa shape index (κ2) is 4.53. The number of hydrogen-bond acceptors (Lipinski definition) is 4. The third-order valence-electron chi connectivity index (χ3n) is 2.27. The van der Waals surface area contributed by atoms with Crippen molar-refractivity contribution >= 4 is 23.9 Å². The van der Waals surface area contributed by atoms with Crippen molar-refractivity contribution in [2.24, 2.45) is 0 Å². The summed E-state index contributed by atoms with van der Waals surface area (Å²) in [5, 5.41) is 0.310. The van der Waals surface area contributed by atoms with Crippen LogP contribution in [0.5, 0.6) is 5.75 Å². The molecule has 1 aromatic rings. The van der Waals surface area contributed by atoms with Crippen molar-refractivity contribution in [2.45, 2.75) is 12.5 Å². The molecule has 5 heteroatoms. The second-order valence-electron chi connectivity index (χ2n) is 3.34. The lowest BCUT2D eigenvalue weighted by Crippen LogP contribution is -2.22. The molecule has 1 aromatic carbocycles. The quantitative estimate of drug-likeness (QED) is 0.598. The minimum absolute atomic E-state index is 0.239. The van der Waals surface area contributed by atoms with Gasteiger partial charge < -0.3 is 9.47 Å². The van der Waals surface area contributed by atoms with Crippen LogP contribution in [0.25, 0.3) is 0 Å². The number of carbonyl (C=O) groups is 2. The molecule has 1 atom stereocenters. The number of esters is 1. The van der Waals surface area contributed by atoms with Gasteiger partial charge in [-0.1, -0.05) is 17.7 Å².